The van der Waals surface area contributed by atoms with E-state index in [1.165, 1.54) is 30.3 Å². The number of aromatic nitrogens is 1. The number of nitrogens with one attached hydrogen (secondary N) is 1. The van der Waals surface area contributed by atoms with Crippen LogP contribution in [-0.4, -0.2) is 28.2 Å². The number of hydrogen-bond donors (Lipinski definition) is 1. The lowest BCUT2D eigenvalue weighted by Gasteiger charge is -2.33. The number of carbonyl (C=O) groups is 2. The van der Waals surface area contributed by atoms with Gasteiger partial charge in [-0.05, 0) is 18.9 Å². The molecular weight excluding hydrogens is 314 g/mol. The quantitative estimate of drug-likeness (QED) is 0.938. The minimum Gasteiger partial charge on any atom is -0.472 e. The van der Waals surface area contributed by atoms with E-state index in [1.807, 2.05) is 4.90 Å². The highest BCUT2D eigenvalue weighted by Gasteiger charge is 2.32. The van der Waals surface area contributed by atoms with E-state index >= 15 is 0 Å². The highest BCUT2D eigenvalue weighted by atomic mass is 32.1. The van der Waals surface area contributed by atoms with Crippen molar-refractivity contribution in [2.24, 2.45) is 5.92 Å². The van der Waals surface area contributed by atoms with Crippen molar-refractivity contribution in [2.45, 2.75) is 32.2 Å². The monoisotopic (exact) mass is 331 g/mol. The molecule has 0 radical (unpaired) electrons. The van der Waals surface area contributed by atoms with Gasteiger partial charge in [-0.15, -0.1) is 0 Å². The predicted octanol–water partition coefficient (Wildman–Crippen LogP) is 2.67. The van der Waals surface area contributed by atoms with Crippen LogP contribution in [0.4, 0.5) is 5.13 Å². The Morgan fingerprint density at radius 2 is 2.26 bits per heavy atom. The first-order valence-corrected chi connectivity index (χ1v) is 8.63. The maximum atomic E-state index is 12.4. The van der Waals surface area contributed by atoms with Gasteiger partial charge in [0.25, 0.3) is 5.91 Å². The predicted molar refractivity (Wildman–Crippen MR) is 85.2 cm³/mol. The molecular formula is C16H17N3O3S. The summed E-state index contributed by atoms with van der Waals surface area (Å²) in [7, 11) is 0. The van der Waals surface area contributed by atoms with Crippen molar-refractivity contribution in [1.82, 2.24) is 9.88 Å². The van der Waals surface area contributed by atoms with E-state index in [2.05, 4.69) is 10.3 Å². The highest BCUT2D eigenvalue weighted by Crippen LogP contribution is 2.33. The first-order chi connectivity index (χ1) is 11.2. The molecule has 1 fully saturated rings. The normalized spacial score (nSPS) is 17.5. The average Bonchev–Trinajstić information content (AvgIpc) is 3.13. The van der Waals surface area contributed by atoms with Gasteiger partial charge in [-0.2, -0.15) is 0 Å². The molecule has 23 heavy (non-hydrogen) atoms. The lowest BCUT2D eigenvalue weighted by molar-refractivity contribution is -0.139. The van der Waals surface area contributed by atoms with Crippen molar-refractivity contribution in [3.63, 3.8) is 0 Å². The van der Waals surface area contributed by atoms with E-state index in [9.17, 15) is 9.59 Å². The van der Waals surface area contributed by atoms with Crippen LogP contribution in [-0.2, 0) is 17.8 Å². The average molecular weight is 331 g/mol. The lowest BCUT2D eigenvalue weighted by atomic mass is 9.84. The fourth-order valence-electron chi connectivity index (χ4n) is 2.91. The van der Waals surface area contributed by atoms with Gasteiger partial charge in [-0.3, -0.25) is 14.9 Å². The van der Waals surface area contributed by atoms with Crippen LogP contribution < -0.4 is 5.32 Å². The number of thiazole rings is 1. The molecule has 2 amide bonds. The Morgan fingerprint density at radius 3 is 2.96 bits per heavy atom. The molecule has 2 aromatic rings. The van der Waals surface area contributed by atoms with E-state index < -0.39 is 0 Å². The first-order valence-electron chi connectivity index (χ1n) is 7.81. The van der Waals surface area contributed by atoms with Crippen molar-refractivity contribution in [1.29, 1.82) is 0 Å². The summed E-state index contributed by atoms with van der Waals surface area (Å²) in [6, 6.07) is 1.61. The Bertz CT molecular complexity index is 734. The Balaban J connectivity index is 1.44. The topological polar surface area (TPSA) is 75.4 Å². The first kappa shape index (κ1) is 14.4. The number of rotatable bonds is 3. The number of fused-ring (bicyclic) bond motifs is 1. The van der Waals surface area contributed by atoms with Crippen LogP contribution in [0, 0.1) is 5.92 Å². The Labute approximate surface area is 137 Å². The zero-order valence-electron chi connectivity index (χ0n) is 12.6. The van der Waals surface area contributed by atoms with Gasteiger partial charge in [0, 0.05) is 23.8 Å². The highest BCUT2D eigenvalue weighted by molar-refractivity contribution is 7.15. The third-order valence-electron chi connectivity index (χ3n) is 4.50. The molecule has 3 heterocycles. The lowest BCUT2D eigenvalue weighted by Crippen LogP contribution is -2.41. The summed E-state index contributed by atoms with van der Waals surface area (Å²) < 4.78 is 4.91. The van der Waals surface area contributed by atoms with Crippen molar-refractivity contribution in [2.75, 3.05) is 11.9 Å². The van der Waals surface area contributed by atoms with Crippen LogP contribution in [0.25, 0.3) is 0 Å². The molecule has 0 bridgehead atoms. The molecule has 1 aliphatic carbocycles. The minimum atomic E-state index is -0.229. The van der Waals surface area contributed by atoms with Crippen molar-refractivity contribution in [3.05, 3.63) is 34.7 Å². The van der Waals surface area contributed by atoms with Gasteiger partial charge in [0.2, 0.25) is 5.91 Å². The SMILES string of the molecule is O=C(Nc1nc2c(s1)CN(C(=O)C1CCC1)CC2)c1ccoc1. The fraction of sp³-hybridized carbons (Fsp3) is 0.438. The minimum absolute atomic E-state index is 0.227. The molecule has 2 aromatic heterocycles. The molecule has 0 saturated heterocycles. The zero-order valence-corrected chi connectivity index (χ0v) is 13.4. The molecule has 0 aromatic carbocycles. The van der Waals surface area contributed by atoms with Crippen LogP contribution in [0.2, 0.25) is 0 Å². The number of anilines is 1. The molecule has 0 atom stereocenters. The summed E-state index contributed by atoms with van der Waals surface area (Å²) in [5.74, 6) is 0.274. The van der Waals surface area contributed by atoms with E-state index in [-0.39, 0.29) is 17.7 Å². The summed E-state index contributed by atoms with van der Waals surface area (Å²) >= 11 is 1.45. The van der Waals surface area contributed by atoms with Gasteiger partial charge < -0.3 is 9.32 Å². The van der Waals surface area contributed by atoms with Crippen LogP contribution in [0.3, 0.4) is 0 Å². The Hall–Kier alpha value is -2.15. The molecule has 0 unspecified atom stereocenters. The molecule has 120 valence electrons. The van der Waals surface area contributed by atoms with Gasteiger partial charge in [0.05, 0.1) is 24.1 Å². The molecule has 1 aliphatic heterocycles. The number of carbonyl (C=O) groups excluding carboxylic acids is 2. The van der Waals surface area contributed by atoms with Gasteiger partial charge in [-0.1, -0.05) is 17.8 Å². The van der Waals surface area contributed by atoms with Crippen molar-refractivity contribution >= 4 is 28.3 Å². The van der Waals surface area contributed by atoms with Gasteiger partial charge >= 0.3 is 0 Å². The maximum Gasteiger partial charge on any atom is 0.260 e. The van der Waals surface area contributed by atoms with E-state index in [0.717, 1.165) is 36.4 Å². The molecule has 7 heteroatoms. The summed E-state index contributed by atoms with van der Waals surface area (Å²) in [4.78, 5) is 31.9. The fourth-order valence-corrected chi connectivity index (χ4v) is 3.93. The smallest absolute Gasteiger partial charge is 0.260 e. The largest absolute Gasteiger partial charge is 0.472 e. The standard InChI is InChI=1S/C16H17N3O3S/c20-14(11-5-7-22-9-11)18-16-17-12-4-6-19(8-13(12)23-16)15(21)10-2-1-3-10/h5,7,9-10H,1-4,6,8H2,(H,17,18,20). The second-order valence-electron chi connectivity index (χ2n) is 5.99. The summed E-state index contributed by atoms with van der Waals surface area (Å²) in [5, 5.41) is 3.38. The Morgan fingerprint density at radius 1 is 1.39 bits per heavy atom. The molecule has 1 N–H and O–H groups in total. The van der Waals surface area contributed by atoms with E-state index in [1.54, 1.807) is 6.07 Å². The number of nitrogens with zero attached hydrogens (tertiary/aromatic N) is 2. The van der Waals surface area contributed by atoms with Crippen LogP contribution in [0.1, 0.15) is 40.2 Å². The third-order valence-corrected chi connectivity index (χ3v) is 5.50. The zero-order chi connectivity index (χ0) is 15.8. The summed E-state index contributed by atoms with van der Waals surface area (Å²) in [6.45, 7) is 1.34. The Kier molecular flexibility index (Phi) is 3.65. The number of amides is 2. The third kappa shape index (κ3) is 2.76. The second-order valence-corrected chi connectivity index (χ2v) is 7.08. The van der Waals surface area contributed by atoms with Gasteiger partial charge in [0.15, 0.2) is 5.13 Å². The maximum absolute atomic E-state index is 12.4. The van der Waals surface area contributed by atoms with Gasteiger partial charge in [-0.25, -0.2) is 4.98 Å². The molecule has 1 saturated carbocycles. The van der Waals surface area contributed by atoms with E-state index in [0.29, 0.717) is 17.2 Å². The molecule has 6 nitrogen and oxygen atoms in total. The molecule has 4 rings (SSSR count). The summed E-state index contributed by atoms with van der Waals surface area (Å²) in [5.41, 5.74) is 1.47. The number of furan rings is 1. The number of hydrogen-bond acceptors (Lipinski definition) is 5. The van der Waals surface area contributed by atoms with Crippen molar-refractivity contribution in [3.8, 4) is 0 Å². The second kappa shape index (κ2) is 5.81. The molecule has 2 aliphatic rings. The summed E-state index contributed by atoms with van der Waals surface area (Å²) in [6.07, 6.45) is 6.84. The van der Waals surface area contributed by atoms with Crippen molar-refractivity contribution < 1.29 is 14.0 Å². The molecule has 0 spiro atoms. The van der Waals surface area contributed by atoms with Crippen LogP contribution >= 0.6 is 11.3 Å². The van der Waals surface area contributed by atoms with E-state index in [4.69, 9.17) is 4.42 Å². The van der Waals surface area contributed by atoms with Crippen LogP contribution in [0.15, 0.2) is 23.0 Å². The van der Waals surface area contributed by atoms with Crippen LogP contribution in [0.5, 0.6) is 0 Å². The van der Waals surface area contributed by atoms with Gasteiger partial charge in [0.1, 0.15) is 6.26 Å².